The van der Waals surface area contributed by atoms with Crippen molar-refractivity contribution in [2.75, 3.05) is 6.61 Å². The Balaban J connectivity index is 2.76. The third-order valence-electron chi connectivity index (χ3n) is 2.64. The van der Waals surface area contributed by atoms with E-state index < -0.39 is 36.7 Å². The van der Waals surface area contributed by atoms with Crippen LogP contribution in [-0.4, -0.2) is 57.2 Å². The Morgan fingerprint density at radius 3 is 2.43 bits per heavy atom. The molecule has 0 bridgehead atoms. The second kappa shape index (κ2) is 4.09. The van der Waals surface area contributed by atoms with Gasteiger partial charge in [0, 0.05) is 0 Å². The first-order chi connectivity index (χ1) is 6.46. The van der Waals surface area contributed by atoms with Crippen molar-refractivity contribution in [2.45, 2.75) is 43.5 Å². The van der Waals surface area contributed by atoms with Crippen LogP contribution in [-0.2, 0) is 4.74 Å². The zero-order valence-corrected chi connectivity index (χ0v) is 8.00. The maximum atomic E-state index is 9.54. The second-order valence-electron chi connectivity index (χ2n) is 3.58. The molecule has 1 heterocycles. The van der Waals surface area contributed by atoms with Crippen molar-refractivity contribution >= 4 is 0 Å². The SMILES string of the molecule is CC[C@]1(N)O[C@H]([C@H](O)CO)[C@H](O)[C@@H]1O. The summed E-state index contributed by atoms with van der Waals surface area (Å²) in [6.45, 7) is 1.15. The van der Waals surface area contributed by atoms with Crippen molar-refractivity contribution in [2.24, 2.45) is 5.73 Å². The molecule has 14 heavy (non-hydrogen) atoms. The van der Waals surface area contributed by atoms with E-state index in [1.807, 2.05) is 0 Å². The van der Waals surface area contributed by atoms with Crippen molar-refractivity contribution in [1.29, 1.82) is 0 Å². The number of nitrogens with two attached hydrogens (primary N) is 1. The van der Waals surface area contributed by atoms with Gasteiger partial charge in [-0.25, -0.2) is 0 Å². The van der Waals surface area contributed by atoms with Gasteiger partial charge in [0.25, 0.3) is 0 Å². The van der Waals surface area contributed by atoms with E-state index in [0.29, 0.717) is 6.42 Å². The van der Waals surface area contributed by atoms with Crippen LogP contribution in [0.15, 0.2) is 0 Å². The number of aliphatic hydroxyl groups is 4. The summed E-state index contributed by atoms with van der Waals surface area (Å²) < 4.78 is 5.14. The van der Waals surface area contributed by atoms with E-state index in [0.717, 1.165) is 0 Å². The van der Waals surface area contributed by atoms with Crippen LogP contribution >= 0.6 is 0 Å². The average Bonchev–Trinajstić information content (AvgIpc) is 2.43. The molecule has 5 atom stereocenters. The largest absolute Gasteiger partial charge is 0.394 e. The highest BCUT2D eigenvalue weighted by atomic mass is 16.6. The van der Waals surface area contributed by atoms with Gasteiger partial charge in [-0.3, -0.25) is 0 Å². The lowest BCUT2D eigenvalue weighted by Gasteiger charge is -2.26. The lowest BCUT2D eigenvalue weighted by molar-refractivity contribution is -0.120. The minimum absolute atomic E-state index is 0.305. The summed E-state index contributed by atoms with van der Waals surface area (Å²) >= 11 is 0. The second-order valence-corrected chi connectivity index (χ2v) is 3.58. The van der Waals surface area contributed by atoms with Gasteiger partial charge in [0.05, 0.1) is 6.61 Å². The predicted molar refractivity (Wildman–Crippen MR) is 47.2 cm³/mol. The lowest BCUT2D eigenvalue weighted by atomic mass is 9.99. The fourth-order valence-electron chi connectivity index (χ4n) is 1.56. The summed E-state index contributed by atoms with van der Waals surface area (Å²) in [4.78, 5) is 0. The van der Waals surface area contributed by atoms with E-state index in [2.05, 4.69) is 0 Å². The van der Waals surface area contributed by atoms with Gasteiger partial charge in [-0.2, -0.15) is 0 Å². The molecule has 6 heteroatoms. The number of aliphatic hydroxyl groups excluding tert-OH is 4. The van der Waals surface area contributed by atoms with Crippen LogP contribution < -0.4 is 5.73 Å². The molecule has 6 N–H and O–H groups in total. The quantitative estimate of drug-likeness (QED) is 0.350. The molecule has 0 aromatic carbocycles. The van der Waals surface area contributed by atoms with Crippen LogP contribution in [0.4, 0.5) is 0 Å². The Hall–Kier alpha value is -0.240. The van der Waals surface area contributed by atoms with Crippen LogP contribution in [0.25, 0.3) is 0 Å². The summed E-state index contributed by atoms with van der Waals surface area (Å²) in [5, 5.41) is 37.0. The molecular weight excluding hydrogens is 190 g/mol. The lowest BCUT2D eigenvalue weighted by Crippen LogP contribution is -2.50. The summed E-state index contributed by atoms with van der Waals surface area (Å²) in [7, 11) is 0. The van der Waals surface area contributed by atoms with E-state index in [9.17, 15) is 15.3 Å². The maximum Gasteiger partial charge on any atom is 0.145 e. The van der Waals surface area contributed by atoms with Gasteiger partial charge in [0.2, 0.25) is 0 Å². The molecule has 0 unspecified atom stereocenters. The van der Waals surface area contributed by atoms with Crippen LogP contribution in [0.5, 0.6) is 0 Å². The first-order valence-electron chi connectivity index (χ1n) is 4.58. The van der Waals surface area contributed by atoms with Crippen LogP contribution in [0, 0.1) is 0 Å². The Labute approximate surface area is 81.9 Å². The van der Waals surface area contributed by atoms with Gasteiger partial charge in [0.15, 0.2) is 0 Å². The van der Waals surface area contributed by atoms with Crippen LogP contribution in [0.2, 0.25) is 0 Å². The van der Waals surface area contributed by atoms with Gasteiger partial charge >= 0.3 is 0 Å². The standard InChI is InChI=1S/C8H17NO5/c1-2-8(9)7(13)5(12)6(14-8)4(11)3-10/h4-7,10-13H,2-3,9H2,1H3/t4-,5+,6-,7+,8+/m1/s1. The maximum absolute atomic E-state index is 9.54. The zero-order valence-electron chi connectivity index (χ0n) is 8.00. The molecule has 0 aromatic heterocycles. The third-order valence-corrected chi connectivity index (χ3v) is 2.64. The van der Waals surface area contributed by atoms with Crippen LogP contribution in [0.1, 0.15) is 13.3 Å². The molecule has 1 aliphatic heterocycles. The molecule has 0 radical (unpaired) electrons. The van der Waals surface area contributed by atoms with E-state index >= 15 is 0 Å². The highest BCUT2D eigenvalue weighted by Crippen LogP contribution is 2.31. The molecule has 1 aliphatic rings. The minimum atomic E-state index is -1.35. The molecule has 1 rings (SSSR count). The summed E-state index contributed by atoms with van der Waals surface area (Å²) in [6.07, 6.45) is -4.50. The normalized spacial score (nSPS) is 45.4. The Morgan fingerprint density at radius 2 is 2.07 bits per heavy atom. The molecule has 84 valence electrons. The van der Waals surface area contributed by atoms with Crippen molar-refractivity contribution < 1.29 is 25.2 Å². The first-order valence-corrected chi connectivity index (χ1v) is 4.58. The predicted octanol–water partition coefficient (Wildman–Crippen LogP) is -2.47. The summed E-state index contributed by atoms with van der Waals surface area (Å²) in [6, 6.07) is 0. The molecule has 0 aromatic rings. The van der Waals surface area contributed by atoms with E-state index in [1.54, 1.807) is 6.92 Å². The summed E-state index contributed by atoms with van der Waals surface area (Å²) in [5.41, 5.74) is 4.30. The molecule has 0 aliphatic carbocycles. The topological polar surface area (TPSA) is 116 Å². The molecule has 1 fully saturated rings. The monoisotopic (exact) mass is 207 g/mol. The molecule has 1 saturated heterocycles. The molecular formula is C8H17NO5. The van der Waals surface area contributed by atoms with Gasteiger partial charge in [0.1, 0.15) is 30.1 Å². The van der Waals surface area contributed by atoms with Crippen molar-refractivity contribution in [3.8, 4) is 0 Å². The minimum Gasteiger partial charge on any atom is -0.394 e. The number of rotatable bonds is 3. The molecule has 6 nitrogen and oxygen atoms in total. The highest BCUT2D eigenvalue weighted by Gasteiger charge is 2.52. The number of hydrogen-bond acceptors (Lipinski definition) is 6. The van der Waals surface area contributed by atoms with Gasteiger partial charge in [-0.15, -0.1) is 0 Å². The average molecular weight is 207 g/mol. The molecule has 0 amide bonds. The Morgan fingerprint density at radius 1 is 1.50 bits per heavy atom. The fourth-order valence-corrected chi connectivity index (χ4v) is 1.56. The highest BCUT2D eigenvalue weighted by molar-refractivity contribution is 4.99. The van der Waals surface area contributed by atoms with Crippen molar-refractivity contribution in [3.63, 3.8) is 0 Å². The van der Waals surface area contributed by atoms with E-state index in [4.69, 9.17) is 15.6 Å². The first kappa shape index (κ1) is 11.8. The fraction of sp³-hybridized carbons (Fsp3) is 1.00. The van der Waals surface area contributed by atoms with Gasteiger partial charge in [-0.05, 0) is 6.42 Å². The zero-order chi connectivity index (χ0) is 10.9. The smallest absolute Gasteiger partial charge is 0.145 e. The van der Waals surface area contributed by atoms with Crippen LogP contribution in [0.3, 0.4) is 0 Å². The van der Waals surface area contributed by atoms with E-state index in [1.165, 1.54) is 0 Å². The van der Waals surface area contributed by atoms with Gasteiger partial charge in [-0.1, -0.05) is 6.92 Å². The Kier molecular flexibility index (Phi) is 3.46. The number of hydrogen-bond donors (Lipinski definition) is 5. The Bertz CT molecular complexity index is 202. The molecule has 0 saturated carbocycles. The molecule has 0 spiro atoms. The van der Waals surface area contributed by atoms with Crippen molar-refractivity contribution in [1.82, 2.24) is 0 Å². The van der Waals surface area contributed by atoms with Crippen molar-refractivity contribution in [3.05, 3.63) is 0 Å². The third kappa shape index (κ3) is 1.77. The van der Waals surface area contributed by atoms with Gasteiger partial charge < -0.3 is 30.9 Å². The summed E-state index contributed by atoms with van der Waals surface area (Å²) in [5.74, 6) is 0. The van der Waals surface area contributed by atoms with E-state index in [-0.39, 0.29) is 0 Å². The number of ether oxygens (including phenoxy) is 1.